The third-order valence-electron chi connectivity index (χ3n) is 4.70. The topological polar surface area (TPSA) is 55.1 Å². The third kappa shape index (κ3) is 2.80. The SMILES string of the molecule is CC(C)c1nc([C@H]2CCCN2Cc2cccc3cccnc23)no1. The second kappa shape index (κ2) is 6.32. The van der Waals surface area contributed by atoms with Gasteiger partial charge in [-0.25, -0.2) is 0 Å². The van der Waals surface area contributed by atoms with Gasteiger partial charge in [-0.05, 0) is 31.0 Å². The molecule has 0 amide bonds. The summed E-state index contributed by atoms with van der Waals surface area (Å²) >= 11 is 0. The van der Waals surface area contributed by atoms with Crippen LogP contribution in [0.5, 0.6) is 0 Å². The van der Waals surface area contributed by atoms with Crippen LogP contribution in [0.15, 0.2) is 41.1 Å². The zero-order valence-corrected chi connectivity index (χ0v) is 14.1. The fraction of sp³-hybridized carbons (Fsp3) is 0.421. The normalized spacial score (nSPS) is 18.7. The molecule has 1 aliphatic rings. The van der Waals surface area contributed by atoms with Gasteiger partial charge in [0.1, 0.15) is 0 Å². The molecule has 1 atom stereocenters. The summed E-state index contributed by atoms with van der Waals surface area (Å²) in [6.45, 7) is 6.07. The largest absolute Gasteiger partial charge is 0.339 e. The van der Waals surface area contributed by atoms with Crippen LogP contribution in [0.1, 0.15) is 55.9 Å². The van der Waals surface area contributed by atoms with Gasteiger partial charge in [0.15, 0.2) is 5.82 Å². The minimum atomic E-state index is 0.236. The predicted octanol–water partition coefficient (Wildman–Crippen LogP) is 4.08. The molecule has 2 aromatic heterocycles. The van der Waals surface area contributed by atoms with Crippen LogP contribution in [0, 0.1) is 0 Å². The molecule has 124 valence electrons. The van der Waals surface area contributed by atoms with Gasteiger partial charge in [0.25, 0.3) is 0 Å². The monoisotopic (exact) mass is 322 g/mol. The van der Waals surface area contributed by atoms with Crippen molar-refractivity contribution in [1.82, 2.24) is 20.0 Å². The molecule has 1 aromatic carbocycles. The minimum absolute atomic E-state index is 0.236. The highest BCUT2D eigenvalue weighted by Gasteiger charge is 2.30. The quantitative estimate of drug-likeness (QED) is 0.724. The van der Waals surface area contributed by atoms with E-state index in [-0.39, 0.29) is 12.0 Å². The number of nitrogens with zero attached hydrogens (tertiary/aromatic N) is 4. The van der Waals surface area contributed by atoms with E-state index in [1.807, 2.05) is 12.3 Å². The molecule has 5 heteroatoms. The number of aromatic nitrogens is 3. The van der Waals surface area contributed by atoms with E-state index in [1.165, 1.54) is 10.9 Å². The molecule has 0 saturated carbocycles. The van der Waals surface area contributed by atoms with E-state index < -0.39 is 0 Å². The molecule has 5 nitrogen and oxygen atoms in total. The number of rotatable bonds is 4. The summed E-state index contributed by atoms with van der Waals surface area (Å²) in [6.07, 6.45) is 4.10. The molecule has 1 aliphatic heterocycles. The van der Waals surface area contributed by atoms with Crippen LogP contribution in [-0.4, -0.2) is 26.6 Å². The molecule has 1 saturated heterocycles. The van der Waals surface area contributed by atoms with Crippen LogP contribution < -0.4 is 0 Å². The second-order valence-electron chi connectivity index (χ2n) is 6.77. The van der Waals surface area contributed by atoms with Gasteiger partial charge in [0, 0.05) is 24.0 Å². The summed E-state index contributed by atoms with van der Waals surface area (Å²) in [6, 6.07) is 10.7. The van der Waals surface area contributed by atoms with Gasteiger partial charge in [-0.1, -0.05) is 43.3 Å². The third-order valence-corrected chi connectivity index (χ3v) is 4.70. The summed E-state index contributed by atoms with van der Waals surface area (Å²) in [5.41, 5.74) is 2.34. The molecule has 3 heterocycles. The zero-order valence-electron chi connectivity index (χ0n) is 14.1. The van der Waals surface area contributed by atoms with Crippen molar-refractivity contribution in [2.45, 2.75) is 45.2 Å². The van der Waals surface area contributed by atoms with Gasteiger partial charge >= 0.3 is 0 Å². The summed E-state index contributed by atoms with van der Waals surface area (Å²) < 4.78 is 5.41. The summed E-state index contributed by atoms with van der Waals surface area (Å²) in [4.78, 5) is 11.6. The maximum atomic E-state index is 5.41. The number of fused-ring (bicyclic) bond motifs is 1. The van der Waals surface area contributed by atoms with Crippen molar-refractivity contribution in [3.8, 4) is 0 Å². The van der Waals surface area contributed by atoms with Crippen molar-refractivity contribution in [3.05, 3.63) is 53.8 Å². The average Bonchev–Trinajstić information content (AvgIpc) is 3.24. The highest BCUT2D eigenvalue weighted by Crippen LogP contribution is 2.33. The van der Waals surface area contributed by atoms with E-state index in [9.17, 15) is 0 Å². The number of pyridine rings is 1. The Kier molecular flexibility index (Phi) is 4.02. The molecule has 0 N–H and O–H groups in total. The van der Waals surface area contributed by atoms with E-state index in [4.69, 9.17) is 4.52 Å². The fourth-order valence-electron chi connectivity index (χ4n) is 3.44. The zero-order chi connectivity index (χ0) is 16.5. The van der Waals surface area contributed by atoms with Crippen molar-refractivity contribution in [1.29, 1.82) is 0 Å². The van der Waals surface area contributed by atoms with Gasteiger partial charge in [-0.15, -0.1) is 0 Å². The highest BCUT2D eigenvalue weighted by molar-refractivity contribution is 5.81. The predicted molar refractivity (Wildman–Crippen MR) is 92.5 cm³/mol. The molecule has 0 bridgehead atoms. The van der Waals surface area contributed by atoms with Crippen molar-refractivity contribution >= 4 is 10.9 Å². The Hall–Kier alpha value is -2.27. The van der Waals surface area contributed by atoms with Crippen LogP contribution in [0.3, 0.4) is 0 Å². The molecular weight excluding hydrogens is 300 g/mol. The Labute approximate surface area is 141 Å². The van der Waals surface area contributed by atoms with Crippen molar-refractivity contribution in [2.24, 2.45) is 0 Å². The smallest absolute Gasteiger partial charge is 0.229 e. The molecule has 0 unspecified atom stereocenters. The van der Waals surface area contributed by atoms with Crippen molar-refractivity contribution in [2.75, 3.05) is 6.54 Å². The first-order chi connectivity index (χ1) is 11.7. The van der Waals surface area contributed by atoms with Crippen LogP contribution >= 0.6 is 0 Å². The van der Waals surface area contributed by atoms with E-state index >= 15 is 0 Å². The van der Waals surface area contributed by atoms with Gasteiger partial charge in [0.05, 0.1) is 11.6 Å². The lowest BCUT2D eigenvalue weighted by molar-refractivity contribution is 0.234. The van der Waals surface area contributed by atoms with E-state index in [0.717, 1.165) is 43.2 Å². The highest BCUT2D eigenvalue weighted by atomic mass is 16.5. The maximum absolute atomic E-state index is 5.41. The van der Waals surface area contributed by atoms with Crippen LogP contribution in [0.25, 0.3) is 10.9 Å². The Morgan fingerprint density at radius 2 is 2.12 bits per heavy atom. The fourth-order valence-corrected chi connectivity index (χ4v) is 3.44. The Morgan fingerprint density at radius 3 is 2.96 bits per heavy atom. The van der Waals surface area contributed by atoms with E-state index in [2.05, 4.69) is 58.1 Å². The van der Waals surface area contributed by atoms with Crippen LogP contribution in [0.4, 0.5) is 0 Å². The molecule has 4 rings (SSSR count). The van der Waals surface area contributed by atoms with Gasteiger partial charge < -0.3 is 4.52 Å². The molecule has 0 radical (unpaired) electrons. The summed E-state index contributed by atoms with van der Waals surface area (Å²) in [7, 11) is 0. The Morgan fingerprint density at radius 1 is 1.25 bits per heavy atom. The number of hydrogen-bond donors (Lipinski definition) is 0. The van der Waals surface area contributed by atoms with E-state index in [1.54, 1.807) is 0 Å². The minimum Gasteiger partial charge on any atom is -0.339 e. The lowest BCUT2D eigenvalue weighted by atomic mass is 10.1. The molecule has 0 spiro atoms. The van der Waals surface area contributed by atoms with Gasteiger partial charge in [-0.3, -0.25) is 9.88 Å². The Balaban J connectivity index is 1.60. The first-order valence-corrected chi connectivity index (χ1v) is 8.62. The first-order valence-electron chi connectivity index (χ1n) is 8.62. The lowest BCUT2D eigenvalue weighted by Crippen LogP contribution is -2.23. The molecule has 24 heavy (non-hydrogen) atoms. The number of likely N-dealkylation sites (tertiary alicyclic amines) is 1. The van der Waals surface area contributed by atoms with E-state index in [0.29, 0.717) is 0 Å². The number of para-hydroxylation sites is 1. The van der Waals surface area contributed by atoms with Gasteiger partial charge in [0.2, 0.25) is 5.89 Å². The van der Waals surface area contributed by atoms with Gasteiger partial charge in [-0.2, -0.15) is 4.98 Å². The standard InChI is InChI=1S/C19H22N4O/c1-13(2)19-21-18(22-24-19)16-9-5-11-23(16)12-15-7-3-6-14-8-4-10-20-17(14)15/h3-4,6-8,10,13,16H,5,9,11-12H2,1-2H3/t16-/m1/s1. The average molecular weight is 322 g/mol. The number of hydrogen-bond acceptors (Lipinski definition) is 5. The van der Waals surface area contributed by atoms with Crippen LogP contribution in [0.2, 0.25) is 0 Å². The first kappa shape index (κ1) is 15.3. The second-order valence-corrected chi connectivity index (χ2v) is 6.77. The molecule has 1 fully saturated rings. The lowest BCUT2D eigenvalue weighted by Gasteiger charge is -2.22. The molecule has 3 aromatic rings. The maximum Gasteiger partial charge on any atom is 0.229 e. The summed E-state index contributed by atoms with van der Waals surface area (Å²) in [5.74, 6) is 1.82. The van der Waals surface area contributed by atoms with Crippen molar-refractivity contribution < 1.29 is 4.52 Å². The molecule has 0 aliphatic carbocycles. The summed E-state index contributed by atoms with van der Waals surface area (Å²) in [5, 5.41) is 5.42. The van der Waals surface area contributed by atoms with Crippen LogP contribution in [-0.2, 0) is 6.54 Å². The number of benzene rings is 1. The Bertz CT molecular complexity index is 837. The molecular formula is C19H22N4O. The van der Waals surface area contributed by atoms with Crippen molar-refractivity contribution in [3.63, 3.8) is 0 Å².